The third-order valence-corrected chi connectivity index (χ3v) is 4.12. The molecule has 1 heterocycles. The Morgan fingerprint density at radius 2 is 2.24 bits per heavy atom. The van der Waals surface area contributed by atoms with Crippen molar-refractivity contribution < 1.29 is 4.39 Å². The molecule has 5 nitrogen and oxygen atoms in total. The predicted octanol–water partition coefficient (Wildman–Crippen LogP) is 2.14. The average molecular weight is 310 g/mol. The highest BCUT2D eigenvalue weighted by molar-refractivity contribution is 7.99. The molecule has 0 amide bonds. The van der Waals surface area contributed by atoms with Crippen LogP contribution in [0.1, 0.15) is 19.4 Å². The summed E-state index contributed by atoms with van der Waals surface area (Å²) in [6.07, 6.45) is 0. The number of halogens is 1. The lowest BCUT2D eigenvalue weighted by Gasteiger charge is -2.12. The fourth-order valence-corrected chi connectivity index (χ4v) is 2.76. The van der Waals surface area contributed by atoms with E-state index in [0.29, 0.717) is 23.2 Å². The highest BCUT2D eigenvalue weighted by atomic mass is 32.2. The van der Waals surface area contributed by atoms with Gasteiger partial charge in [-0.15, -0.1) is 5.10 Å². The second-order valence-electron chi connectivity index (χ2n) is 5.21. The Hall–Kier alpha value is -1.60. The summed E-state index contributed by atoms with van der Waals surface area (Å²) in [7, 11) is 1.63. The Balaban J connectivity index is 2.20. The van der Waals surface area contributed by atoms with Gasteiger partial charge in [0, 0.05) is 24.1 Å². The molecule has 0 aliphatic heterocycles. The molecule has 1 aromatic carbocycles. The topological polar surface area (TPSA) is 62.7 Å². The minimum atomic E-state index is -0.284. The van der Waals surface area contributed by atoms with Crippen molar-refractivity contribution in [3.05, 3.63) is 40.1 Å². The third-order valence-electron chi connectivity index (χ3n) is 2.97. The largest absolute Gasteiger partial charge is 0.343 e. The number of nitrogens with zero attached hydrogens (tertiary/aromatic N) is 2. The molecular formula is C14H19FN4OS. The minimum Gasteiger partial charge on any atom is -0.312 e. The van der Waals surface area contributed by atoms with E-state index in [-0.39, 0.29) is 11.5 Å². The fourth-order valence-electron chi connectivity index (χ4n) is 1.81. The Morgan fingerprint density at radius 3 is 2.86 bits per heavy atom. The van der Waals surface area contributed by atoms with Gasteiger partial charge in [0.15, 0.2) is 5.16 Å². The summed E-state index contributed by atoms with van der Waals surface area (Å²) in [4.78, 5) is 12.1. The van der Waals surface area contributed by atoms with Gasteiger partial charge >= 0.3 is 5.69 Å². The number of aromatic nitrogens is 3. The van der Waals surface area contributed by atoms with E-state index in [9.17, 15) is 9.18 Å². The third kappa shape index (κ3) is 3.95. The Labute approximate surface area is 127 Å². The van der Waals surface area contributed by atoms with E-state index in [1.54, 1.807) is 13.1 Å². The lowest BCUT2D eigenvalue weighted by Crippen LogP contribution is -2.20. The molecule has 0 spiro atoms. The van der Waals surface area contributed by atoms with Crippen molar-refractivity contribution in [1.29, 1.82) is 0 Å². The molecule has 0 atom stereocenters. The first-order chi connectivity index (χ1) is 9.99. The molecule has 0 unspecified atom stereocenters. The number of hydrogen-bond donors (Lipinski definition) is 2. The molecule has 0 saturated heterocycles. The lowest BCUT2D eigenvalue weighted by molar-refractivity contribution is 0.530. The summed E-state index contributed by atoms with van der Waals surface area (Å²) >= 11 is 1.28. The van der Waals surface area contributed by atoms with Crippen molar-refractivity contribution in [3.63, 3.8) is 0 Å². The molecule has 1 aromatic heterocycles. The van der Waals surface area contributed by atoms with Crippen LogP contribution >= 0.6 is 11.8 Å². The van der Waals surface area contributed by atoms with Crippen molar-refractivity contribution in [2.75, 3.05) is 6.54 Å². The van der Waals surface area contributed by atoms with Crippen molar-refractivity contribution in [2.45, 2.75) is 30.4 Å². The van der Waals surface area contributed by atoms with Crippen LogP contribution in [-0.2, 0) is 13.6 Å². The summed E-state index contributed by atoms with van der Waals surface area (Å²) in [5.41, 5.74) is 0.312. The molecule has 0 aliphatic rings. The van der Waals surface area contributed by atoms with Crippen LogP contribution in [0.25, 0.3) is 0 Å². The zero-order valence-electron chi connectivity index (χ0n) is 12.3. The van der Waals surface area contributed by atoms with Gasteiger partial charge in [-0.1, -0.05) is 19.9 Å². The molecule has 0 fully saturated rings. The predicted molar refractivity (Wildman–Crippen MR) is 80.9 cm³/mol. The standard InChI is InChI=1S/C14H19FN4OS/c1-9(2)7-16-8-10-11(15)5-4-6-12(10)21-14-18-17-13(20)19(14)3/h4-6,9,16H,7-8H2,1-3H3,(H,17,20). The van der Waals surface area contributed by atoms with E-state index in [4.69, 9.17) is 0 Å². The van der Waals surface area contributed by atoms with Crippen LogP contribution in [0.5, 0.6) is 0 Å². The second kappa shape index (κ2) is 6.91. The van der Waals surface area contributed by atoms with Crippen LogP contribution in [-0.4, -0.2) is 21.3 Å². The van der Waals surface area contributed by atoms with Gasteiger partial charge in [0.2, 0.25) is 0 Å². The number of nitrogens with one attached hydrogen (secondary N) is 2. The Kier molecular flexibility index (Phi) is 5.19. The van der Waals surface area contributed by atoms with Crippen molar-refractivity contribution >= 4 is 11.8 Å². The fraction of sp³-hybridized carbons (Fsp3) is 0.429. The molecule has 21 heavy (non-hydrogen) atoms. The lowest BCUT2D eigenvalue weighted by atomic mass is 10.2. The van der Waals surface area contributed by atoms with Crippen LogP contribution < -0.4 is 11.0 Å². The van der Waals surface area contributed by atoms with E-state index in [1.807, 2.05) is 6.07 Å². The van der Waals surface area contributed by atoms with Gasteiger partial charge in [-0.25, -0.2) is 14.3 Å². The second-order valence-corrected chi connectivity index (χ2v) is 6.22. The highest BCUT2D eigenvalue weighted by Gasteiger charge is 2.13. The van der Waals surface area contributed by atoms with E-state index < -0.39 is 0 Å². The maximum Gasteiger partial charge on any atom is 0.343 e. The van der Waals surface area contributed by atoms with E-state index in [1.165, 1.54) is 22.4 Å². The highest BCUT2D eigenvalue weighted by Crippen LogP contribution is 2.29. The van der Waals surface area contributed by atoms with E-state index >= 15 is 0 Å². The smallest absolute Gasteiger partial charge is 0.312 e. The molecule has 2 rings (SSSR count). The first kappa shape index (κ1) is 15.8. The van der Waals surface area contributed by atoms with Gasteiger partial charge in [-0.2, -0.15) is 0 Å². The number of hydrogen-bond acceptors (Lipinski definition) is 4. The molecule has 0 bridgehead atoms. The Bertz CT molecular complexity index is 665. The maximum atomic E-state index is 14.0. The van der Waals surface area contributed by atoms with Crippen molar-refractivity contribution in [1.82, 2.24) is 20.1 Å². The molecule has 2 aromatic rings. The molecule has 7 heteroatoms. The number of rotatable bonds is 6. The Morgan fingerprint density at radius 1 is 1.48 bits per heavy atom. The summed E-state index contributed by atoms with van der Waals surface area (Å²) in [5, 5.41) is 10.1. The van der Waals surface area contributed by atoms with Crippen LogP contribution in [0, 0.1) is 11.7 Å². The van der Waals surface area contributed by atoms with Gasteiger partial charge in [0.1, 0.15) is 5.82 Å². The zero-order valence-corrected chi connectivity index (χ0v) is 13.1. The zero-order chi connectivity index (χ0) is 15.4. The van der Waals surface area contributed by atoms with Crippen molar-refractivity contribution in [3.8, 4) is 0 Å². The molecule has 2 N–H and O–H groups in total. The van der Waals surface area contributed by atoms with Gasteiger partial charge < -0.3 is 5.32 Å². The molecule has 0 saturated carbocycles. The van der Waals surface area contributed by atoms with Crippen LogP contribution in [0.3, 0.4) is 0 Å². The number of benzene rings is 1. The quantitative estimate of drug-likeness (QED) is 0.858. The summed E-state index contributed by atoms with van der Waals surface area (Å²) < 4.78 is 15.4. The maximum absolute atomic E-state index is 14.0. The summed E-state index contributed by atoms with van der Waals surface area (Å²) in [6.45, 7) is 5.47. The van der Waals surface area contributed by atoms with Gasteiger partial charge in [-0.3, -0.25) is 4.57 Å². The van der Waals surface area contributed by atoms with Gasteiger partial charge in [-0.05, 0) is 36.4 Å². The van der Waals surface area contributed by atoms with Crippen LogP contribution in [0.15, 0.2) is 33.0 Å². The minimum absolute atomic E-state index is 0.253. The molecule has 114 valence electrons. The number of H-pyrrole nitrogens is 1. The first-order valence-electron chi connectivity index (χ1n) is 6.76. The normalized spacial score (nSPS) is 11.3. The molecule has 0 aliphatic carbocycles. The van der Waals surface area contributed by atoms with Crippen LogP contribution in [0.2, 0.25) is 0 Å². The van der Waals surface area contributed by atoms with Gasteiger partial charge in [0.25, 0.3) is 0 Å². The molecule has 0 radical (unpaired) electrons. The summed E-state index contributed by atoms with van der Waals surface area (Å²) in [6, 6.07) is 4.94. The van der Waals surface area contributed by atoms with Crippen LogP contribution in [0.4, 0.5) is 4.39 Å². The summed E-state index contributed by atoms with van der Waals surface area (Å²) in [5.74, 6) is 0.247. The average Bonchev–Trinajstić information content (AvgIpc) is 2.73. The number of aromatic amines is 1. The molecular weight excluding hydrogens is 291 g/mol. The van der Waals surface area contributed by atoms with E-state index in [2.05, 4.69) is 29.4 Å². The SMILES string of the molecule is CC(C)CNCc1c(F)cccc1Sc1n[nH]c(=O)n1C. The van der Waals surface area contributed by atoms with Gasteiger partial charge in [0.05, 0.1) is 0 Å². The van der Waals surface area contributed by atoms with E-state index in [0.717, 1.165) is 11.4 Å². The first-order valence-corrected chi connectivity index (χ1v) is 7.58. The van der Waals surface area contributed by atoms with Crippen molar-refractivity contribution in [2.24, 2.45) is 13.0 Å². The monoisotopic (exact) mass is 310 g/mol.